The van der Waals surface area contributed by atoms with E-state index >= 15 is 0 Å². The smallest absolute Gasteiger partial charge is 0.229 e. The molecule has 1 saturated heterocycles. The minimum Gasteiger partial charge on any atom is -0.497 e. The molecule has 1 aliphatic rings. The predicted molar refractivity (Wildman–Crippen MR) is 101 cm³/mol. The molecule has 2 N–H and O–H groups in total. The summed E-state index contributed by atoms with van der Waals surface area (Å²) in [7, 11) is 3.24. The van der Waals surface area contributed by atoms with Crippen molar-refractivity contribution in [3.8, 4) is 11.5 Å². The van der Waals surface area contributed by atoms with E-state index in [2.05, 4.69) is 25.5 Å². The Morgan fingerprint density at radius 3 is 2.77 bits per heavy atom. The maximum absolute atomic E-state index is 5.39. The zero-order valence-corrected chi connectivity index (χ0v) is 15.2. The zero-order chi connectivity index (χ0) is 18.2. The number of methoxy groups -OCH3 is 2. The molecule has 3 rings (SSSR count). The molecule has 8 heteroatoms. The molecule has 1 fully saturated rings. The van der Waals surface area contributed by atoms with Crippen LogP contribution in [-0.4, -0.2) is 68.5 Å². The monoisotopic (exact) mass is 359 g/mol. The molecule has 0 radical (unpaired) electrons. The van der Waals surface area contributed by atoms with Gasteiger partial charge in [-0.25, -0.2) is 4.98 Å². The number of aromatic nitrogens is 2. The van der Waals surface area contributed by atoms with Crippen LogP contribution in [0.1, 0.15) is 0 Å². The summed E-state index contributed by atoms with van der Waals surface area (Å²) in [6.07, 6.45) is 1.72. The molecule has 1 aliphatic heterocycles. The standard InChI is InChI=1S/C18H25N5O3/c1-24-14-3-4-15(16(13-14)25-2)21-18-20-6-5-17(22-18)19-7-8-23-9-11-26-12-10-23/h3-6,13H,7-12H2,1-2H3,(H2,19,20,21,22). The molecule has 2 heterocycles. The number of rotatable bonds is 8. The largest absolute Gasteiger partial charge is 0.497 e. The number of anilines is 3. The Kier molecular flexibility index (Phi) is 6.45. The quantitative estimate of drug-likeness (QED) is 0.741. The molecule has 0 bridgehead atoms. The minimum atomic E-state index is 0.504. The molecular weight excluding hydrogens is 334 g/mol. The van der Waals surface area contributed by atoms with Gasteiger partial charge in [-0.3, -0.25) is 4.90 Å². The van der Waals surface area contributed by atoms with Crippen LogP contribution in [-0.2, 0) is 4.74 Å². The molecule has 1 aromatic heterocycles. The van der Waals surface area contributed by atoms with Gasteiger partial charge in [0.2, 0.25) is 5.95 Å². The molecule has 8 nitrogen and oxygen atoms in total. The molecule has 0 saturated carbocycles. The Bertz CT molecular complexity index is 707. The van der Waals surface area contributed by atoms with Gasteiger partial charge in [-0.1, -0.05) is 0 Å². The third-order valence-electron chi connectivity index (χ3n) is 4.15. The van der Waals surface area contributed by atoms with E-state index in [-0.39, 0.29) is 0 Å². The van der Waals surface area contributed by atoms with Crippen LogP contribution in [0.3, 0.4) is 0 Å². The number of morpholine rings is 1. The fourth-order valence-corrected chi connectivity index (χ4v) is 2.71. The summed E-state index contributed by atoms with van der Waals surface area (Å²) in [5, 5.41) is 6.53. The van der Waals surface area contributed by atoms with Gasteiger partial charge in [0.1, 0.15) is 17.3 Å². The summed E-state index contributed by atoms with van der Waals surface area (Å²) < 4.78 is 16.0. The van der Waals surface area contributed by atoms with Crippen molar-refractivity contribution in [1.82, 2.24) is 14.9 Å². The second-order valence-electron chi connectivity index (χ2n) is 5.84. The van der Waals surface area contributed by atoms with Gasteiger partial charge in [-0.05, 0) is 18.2 Å². The third-order valence-corrected chi connectivity index (χ3v) is 4.15. The molecule has 140 valence electrons. The molecule has 0 spiro atoms. The number of nitrogens with zero attached hydrogens (tertiary/aromatic N) is 3. The highest BCUT2D eigenvalue weighted by Gasteiger charge is 2.10. The van der Waals surface area contributed by atoms with Crippen molar-refractivity contribution < 1.29 is 14.2 Å². The summed E-state index contributed by atoms with van der Waals surface area (Å²) in [4.78, 5) is 11.2. The second-order valence-corrected chi connectivity index (χ2v) is 5.84. The fraction of sp³-hybridized carbons (Fsp3) is 0.444. The lowest BCUT2D eigenvalue weighted by Gasteiger charge is -2.26. The average Bonchev–Trinajstić information content (AvgIpc) is 2.69. The number of benzene rings is 1. The van der Waals surface area contributed by atoms with Gasteiger partial charge >= 0.3 is 0 Å². The van der Waals surface area contributed by atoms with Gasteiger partial charge in [0, 0.05) is 38.4 Å². The highest BCUT2D eigenvalue weighted by molar-refractivity contribution is 5.64. The van der Waals surface area contributed by atoms with Gasteiger partial charge < -0.3 is 24.8 Å². The normalized spacial score (nSPS) is 14.7. The first-order valence-electron chi connectivity index (χ1n) is 8.64. The second kappa shape index (κ2) is 9.21. The van der Waals surface area contributed by atoms with Crippen LogP contribution in [0.25, 0.3) is 0 Å². The van der Waals surface area contributed by atoms with E-state index < -0.39 is 0 Å². The SMILES string of the molecule is COc1ccc(Nc2nccc(NCCN3CCOCC3)n2)c(OC)c1. The lowest BCUT2D eigenvalue weighted by atomic mass is 10.2. The maximum Gasteiger partial charge on any atom is 0.229 e. The van der Waals surface area contributed by atoms with Crippen molar-refractivity contribution in [2.75, 3.05) is 64.2 Å². The molecular formula is C18H25N5O3. The van der Waals surface area contributed by atoms with E-state index in [4.69, 9.17) is 14.2 Å². The van der Waals surface area contributed by atoms with Gasteiger partial charge in [0.25, 0.3) is 0 Å². The van der Waals surface area contributed by atoms with Crippen LogP contribution in [0.2, 0.25) is 0 Å². The fourth-order valence-electron chi connectivity index (χ4n) is 2.71. The van der Waals surface area contributed by atoms with Crippen LogP contribution < -0.4 is 20.1 Å². The maximum atomic E-state index is 5.39. The van der Waals surface area contributed by atoms with E-state index in [1.807, 2.05) is 24.3 Å². The first-order chi connectivity index (χ1) is 12.8. The molecule has 0 unspecified atom stereocenters. The van der Waals surface area contributed by atoms with Crippen molar-refractivity contribution >= 4 is 17.5 Å². The first-order valence-corrected chi connectivity index (χ1v) is 8.64. The Morgan fingerprint density at radius 2 is 2.00 bits per heavy atom. The highest BCUT2D eigenvalue weighted by atomic mass is 16.5. The predicted octanol–water partition coefficient (Wildman–Crippen LogP) is 1.98. The Balaban J connectivity index is 1.58. The summed E-state index contributed by atoms with van der Waals surface area (Å²) in [6, 6.07) is 7.40. The Morgan fingerprint density at radius 1 is 1.15 bits per heavy atom. The summed E-state index contributed by atoms with van der Waals surface area (Å²) >= 11 is 0. The average molecular weight is 359 g/mol. The van der Waals surface area contributed by atoms with E-state index in [0.29, 0.717) is 11.7 Å². The first kappa shape index (κ1) is 18.2. The molecule has 0 amide bonds. The van der Waals surface area contributed by atoms with E-state index in [1.165, 1.54) is 0 Å². The topological polar surface area (TPSA) is 80.8 Å². The minimum absolute atomic E-state index is 0.504. The van der Waals surface area contributed by atoms with Gasteiger partial charge in [0.15, 0.2) is 0 Å². The molecule has 26 heavy (non-hydrogen) atoms. The summed E-state index contributed by atoms with van der Waals surface area (Å²) in [6.45, 7) is 5.37. The summed E-state index contributed by atoms with van der Waals surface area (Å²) in [5.41, 5.74) is 0.777. The van der Waals surface area contributed by atoms with Crippen LogP contribution in [0, 0.1) is 0 Å². The zero-order valence-electron chi connectivity index (χ0n) is 15.2. The van der Waals surface area contributed by atoms with E-state index in [0.717, 1.165) is 56.6 Å². The van der Waals surface area contributed by atoms with Gasteiger partial charge in [-0.2, -0.15) is 4.98 Å². The van der Waals surface area contributed by atoms with Gasteiger partial charge in [0.05, 0.1) is 33.1 Å². The van der Waals surface area contributed by atoms with Crippen molar-refractivity contribution in [2.24, 2.45) is 0 Å². The lowest BCUT2D eigenvalue weighted by Crippen LogP contribution is -2.39. The van der Waals surface area contributed by atoms with Crippen LogP contribution in [0.4, 0.5) is 17.5 Å². The van der Waals surface area contributed by atoms with Crippen molar-refractivity contribution in [3.05, 3.63) is 30.5 Å². The third kappa shape index (κ3) is 4.96. The van der Waals surface area contributed by atoms with Crippen LogP contribution in [0.5, 0.6) is 11.5 Å². The number of ether oxygens (including phenoxy) is 3. The number of hydrogen-bond donors (Lipinski definition) is 2. The van der Waals surface area contributed by atoms with Crippen LogP contribution in [0.15, 0.2) is 30.5 Å². The van der Waals surface area contributed by atoms with Crippen LogP contribution >= 0.6 is 0 Å². The molecule has 2 aromatic rings. The number of hydrogen-bond acceptors (Lipinski definition) is 8. The van der Waals surface area contributed by atoms with E-state index in [1.54, 1.807) is 20.4 Å². The van der Waals surface area contributed by atoms with Crippen molar-refractivity contribution in [2.45, 2.75) is 0 Å². The van der Waals surface area contributed by atoms with E-state index in [9.17, 15) is 0 Å². The lowest BCUT2D eigenvalue weighted by molar-refractivity contribution is 0.0398. The van der Waals surface area contributed by atoms with Crippen molar-refractivity contribution in [1.29, 1.82) is 0 Å². The highest BCUT2D eigenvalue weighted by Crippen LogP contribution is 2.30. The van der Waals surface area contributed by atoms with Gasteiger partial charge in [-0.15, -0.1) is 0 Å². The summed E-state index contributed by atoms with van der Waals surface area (Å²) in [5.74, 6) is 2.68. The molecule has 1 aromatic carbocycles. The molecule has 0 aliphatic carbocycles. The Labute approximate surface area is 153 Å². The Hall–Kier alpha value is -2.58. The number of nitrogens with one attached hydrogen (secondary N) is 2. The van der Waals surface area contributed by atoms with Crippen molar-refractivity contribution in [3.63, 3.8) is 0 Å². The molecule has 0 atom stereocenters.